The average Bonchev–Trinajstić information content (AvgIpc) is 2.43. The molecule has 0 bridgehead atoms. The number of hydrogen-bond acceptors (Lipinski definition) is 2. The van der Waals surface area contributed by atoms with Crippen molar-refractivity contribution in [1.82, 2.24) is 5.32 Å². The number of rotatable bonds is 5. The average molecular weight is 405 g/mol. The summed E-state index contributed by atoms with van der Waals surface area (Å²) in [7, 11) is 0. The van der Waals surface area contributed by atoms with Crippen LogP contribution in [0.5, 0.6) is 5.75 Å². The molecular weight excluding hydrogens is 382 g/mol. The summed E-state index contributed by atoms with van der Waals surface area (Å²) >= 11 is 6.73. The Balaban J connectivity index is 1.71. The van der Waals surface area contributed by atoms with E-state index in [-0.39, 0.29) is 5.75 Å². The lowest BCUT2D eigenvalue weighted by Gasteiger charge is -2.26. The number of aromatic hydroxyl groups is 1. The van der Waals surface area contributed by atoms with E-state index in [4.69, 9.17) is 0 Å². The molecule has 2 nitrogen and oxygen atoms in total. The van der Waals surface area contributed by atoms with Crippen molar-refractivity contribution in [3.63, 3.8) is 0 Å². The van der Waals surface area contributed by atoms with Gasteiger partial charge in [0.15, 0.2) is 0 Å². The highest BCUT2D eigenvalue weighted by Crippen LogP contribution is 2.33. The molecule has 0 aliphatic heterocycles. The molecule has 0 spiro atoms. The van der Waals surface area contributed by atoms with Gasteiger partial charge in [-0.2, -0.15) is 0 Å². The topological polar surface area (TPSA) is 32.3 Å². The molecule has 1 aromatic rings. The number of phenols is 1. The van der Waals surface area contributed by atoms with Crippen molar-refractivity contribution in [3.05, 3.63) is 26.6 Å². The highest BCUT2D eigenvalue weighted by molar-refractivity contribution is 9.11. The van der Waals surface area contributed by atoms with Crippen molar-refractivity contribution in [1.29, 1.82) is 0 Å². The molecule has 20 heavy (non-hydrogen) atoms. The van der Waals surface area contributed by atoms with Crippen LogP contribution in [0.1, 0.15) is 44.6 Å². The number of benzene rings is 1. The second-order valence-electron chi connectivity index (χ2n) is 6.00. The normalized spacial score (nSPS) is 22.9. The second kappa shape index (κ2) is 7.81. The zero-order chi connectivity index (χ0) is 14.5. The third kappa shape index (κ3) is 4.74. The van der Waals surface area contributed by atoms with E-state index in [0.29, 0.717) is 0 Å². The Labute approximate surface area is 138 Å². The van der Waals surface area contributed by atoms with Crippen LogP contribution in [0.25, 0.3) is 0 Å². The quantitative estimate of drug-likeness (QED) is 0.659. The van der Waals surface area contributed by atoms with Gasteiger partial charge >= 0.3 is 0 Å². The van der Waals surface area contributed by atoms with Crippen molar-refractivity contribution in [2.75, 3.05) is 6.54 Å². The van der Waals surface area contributed by atoms with Crippen molar-refractivity contribution in [2.24, 2.45) is 11.8 Å². The Kier molecular flexibility index (Phi) is 6.37. The third-order valence-electron chi connectivity index (χ3n) is 4.27. The molecule has 0 saturated heterocycles. The van der Waals surface area contributed by atoms with Gasteiger partial charge in [-0.3, -0.25) is 0 Å². The SMILES string of the molecule is CC1CCC(CCNCc2cc(Br)c(O)c(Br)c2)CC1. The van der Waals surface area contributed by atoms with Crippen LogP contribution in [0.2, 0.25) is 0 Å². The van der Waals surface area contributed by atoms with Crippen LogP contribution in [-0.4, -0.2) is 11.7 Å². The summed E-state index contributed by atoms with van der Waals surface area (Å²) < 4.78 is 1.48. The fourth-order valence-electron chi connectivity index (χ4n) is 2.88. The van der Waals surface area contributed by atoms with E-state index in [1.807, 2.05) is 12.1 Å². The van der Waals surface area contributed by atoms with Gasteiger partial charge in [0.05, 0.1) is 8.95 Å². The smallest absolute Gasteiger partial charge is 0.143 e. The summed E-state index contributed by atoms with van der Waals surface area (Å²) in [6.45, 7) is 4.30. The first-order chi connectivity index (χ1) is 9.56. The first-order valence-electron chi connectivity index (χ1n) is 7.44. The predicted octanol–water partition coefficient (Wildman–Crippen LogP) is 5.22. The van der Waals surface area contributed by atoms with Crippen molar-refractivity contribution in [3.8, 4) is 5.75 Å². The number of hydrogen-bond donors (Lipinski definition) is 2. The highest BCUT2D eigenvalue weighted by atomic mass is 79.9. The van der Waals surface area contributed by atoms with Crippen molar-refractivity contribution < 1.29 is 5.11 Å². The predicted molar refractivity (Wildman–Crippen MR) is 91.0 cm³/mol. The molecule has 0 amide bonds. The number of nitrogens with one attached hydrogen (secondary N) is 1. The number of halogens is 2. The highest BCUT2D eigenvalue weighted by Gasteiger charge is 2.17. The Bertz CT molecular complexity index is 419. The molecule has 1 fully saturated rings. The minimum Gasteiger partial charge on any atom is -0.506 e. The van der Waals surface area contributed by atoms with Gasteiger partial charge < -0.3 is 10.4 Å². The maximum absolute atomic E-state index is 9.68. The summed E-state index contributed by atoms with van der Waals surface area (Å²) in [5.41, 5.74) is 1.18. The minimum atomic E-state index is 0.269. The van der Waals surface area contributed by atoms with Gasteiger partial charge in [-0.25, -0.2) is 0 Å². The third-order valence-corrected chi connectivity index (χ3v) is 5.48. The molecule has 1 aliphatic carbocycles. The Morgan fingerprint density at radius 1 is 1.15 bits per heavy atom. The van der Waals surface area contributed by atoms with Gasteiger partial charge in [-0.1, -0.05) is 32.6 Å². The molecule has 4 heteroatoms. The Morgan fingerprint density at radius 2 is 1.75 bits per heavy atom. The van der Waals surface area contributed by atoms with Gasteiger partial charge in [0.1, 0.15) is 5.75 Å². The maximum atomic E-state index is 9.68. The van der Waals surface area contributed by atoms with Gasteiger partial charge in [-0.15, -0.1) is 0 Å². The molecule has 0 atom stereocenters. The molecule has 1 aliphatic rings. The molecule has 0 heterocycles. The van der Waals surface area contributed by atoms with Crippen LogP contribution in [0, 0.1) is 11.8 Å². The van der Waals surface area contributed by atoms with Crippen LogP contribution in [-0.2, 0) is 6.54 Å². The molecule has 112 valence electrons. The van der Waals surface area contributed by atoms with E-state index in [2.05, 4.69) is 44.1 Å². The summed E-state index contributed by atoms with van der Waals surface area (Å²) in [6, 6.07) is 3.94. The molecular formula is C16H23Br2NO. The lowest BCUT2D eigenvalue weighted by molar-refractivity contribution is 0.275. The first kappa shape index (κ1) is 16.3. The molecule has 0 radical (unpaired) electrons. The standard InChI is InChI=1S/C16H23Br2NO/c1-11-2-4-12(5-3-11)6-7-19-10-13-8-14(17)16(20)15(18)9-13/h8-9,11-12,19-20H,2-7,10H2,1H3. The zero-order valence-electron chi connectivity index (χ0n) is 12.0. The van der Waals surface area contributed by atoms with Crippen LogP contribution in [0.4, 0.5) is 0 Å². The van der Waals surface area contributed by atoms with Gasteiger partial charge in [-0.05, 0) is 74.4 Å². The van der Waals surface area contributed by atoms with Crippen LogP contribution >= 0.6 is 31.9 Å². The lowest BCUT2D eigenvalue weighted by Crippen LogP contribution is -2.20. The van der Waals surface area contributed by atoms with E-state index in [0.717, 1.165) is 33.9 Å². The van der Waals surface area contributed by atoms with Gasteiger partial charge in [0.25, 0.3) is 0 Å². The van der Waals surface area contributed by atoms with E-state index in [1.165, 1.54) is 37.7 Å². The molecule has 0 unspecified atom stereocenters. The molecule has 0 aromatic heterocycles. The summed E-state index contributed by atoms with van der Waals surface area (Å²) in [6.07, 6.45) is 6.90. The second-order valence-corrected chi connectivity index (χ2v) is 7.71. The molecule has 2 N–H and O–H groups in total. The fourth-order valence-corrected chi connectivity index (χ4v) is 4.16. The van der Waals surface area contributed by atoms with Crippen LogP contribution in [0.3, 0.4) is 0 Å². The monoisotopic (exact) mass is 403 g/mol. The number of phenolic OH excluding ortho intramolecular Hbond substituents is 1. The van der Waals surface area contributed by atoms with Crippen molar-refractivity contribution >= 4 is 31.9 Å². The van der Waals surface area contributed by atoms with E-state index >= 15 is 0 Å². The summed E-state index contributed by atoms with van der Waals surface area (Å²) in [5.74, 6) is 2.12. The van der Waals surface area contributed by atoms with Crippen LogP contribution in [0.15, 0.2) is 21.1 Å². The Morgan fingerprint density at radius 3 is 2.35 bits per heavy atom. The van der Waals surface area contributed by atoms with E-state index < -0.39 is 0 Å². The van der Waals surface area contributed by atoms with E-state index in [1.54, 1.807) is 0 Å². The molecule has 1 saturated carbocycles. The molecule has 2 rings (SSSR count). The largest absolute Gasteiger partial charge is 0.506 e. The van der Waals surface area contributed by atoms with Crippen molar-refractivity contribution in [2.45, 2.75) is 45.6 Å². The maximum Gasteiger partial charge on any atom is 0.143 e. The van der Waals surface area contributed by atoms with Gasteiger partial charge in [0, 0.05) is 6.54 Å². The van der Waals surface area contributed by atoms with E-state index in [9.17, 15) is 5.11 Å². The summed E-state index contributed by atoms with van der Waals surface area (Å²) in [4.78, 5) is 0. The van der Waals surface area contributed by atoms with Crippen LogP contribution < -0.4 is 5.32 Å². The molecule has 1 aromatic carbocycles. The Hall–Kier alpha value is -0.0600. The zero-order valence-corrected chi connectivity index (χ0v) is 15.1. The lowest BCUT2D eigenvalue weighted by atomic mass is 9.81. The summed E-state index contributed by atoms with van der Waals surface area (Å²) in [5, 5.41) is 13.2. The minimum absolute atomic E-state index is 0.269. The fraction of sp³-hybridized carbons (Fsp3) is 0.625. The van der Waals surface area contributed by atoms with Gasteiger partial charge in [0.2, 0.25) is 0 Å². The first-order valence-corrected chi connectivity index (χ1v) is 9.02.